The number of sulfonamides is 1. The summed E-state index contributed by atoms with van der Waals surface area (Å²) in [5, 5.41) is 4.32. The zero-order valence-electron chi connectivity index (χ0n) is 7.01. The summed E-state index contributed by atoms with van der Waals surface area (Å²) in [5.41, 5.74) is 0. The van der Waals surface area contributed by atoms with Crippen molar-refractivity contribution < 1.29 is 20.7 Å². The van der Waals surface area contributed by atoms with E-state index in [1.54, 1.807) is 0 Å². The molecule has 0 spiro atoms. The number of nitrogens with two attached hydrogens (primary N) is 1. The van der Waals surface area contributed by atoms with E-state index in [2.05, 4.69) is 0 Å². The summed E-state index contributed by atoms with van der Waals surface area (Å²) in [5.74, 6) is 0. The summed E-state index contributed by atoms with van der Waals surface area (Å²) in [6.45, 7) is 0. The molecule has 1 rings (SSSR count). The molecule has 0 aliphatic rings. The van der Waals surface area contributed by atoms with Crippen LogP contribution in [0.15, 0.2) is 28.0 Å². The minimum absolute atomic E-state index is 0.412. The second kappa shape index (κ2) is 3.71. The monoisotopic (exact) mass is 273 g/mol. The van der Waals surface area contributed by atoms with Crippen LogP contribution in [-0.4, -0.2) is 16.8 Å². The molecule has 1 aromatic carbocycles. The van der Waals surface area contributed by atoms with Crippen LogP contribution in [0.5, 0.6) is 0 Å². The minimum atomic E-state index is -5.07. The third-order valence-corrected chi connectivity index (χ3v) is 3.71. The van der Waals surface area contributed by atoms with Gasteiger partial charge in [-0.15, -0.1) is 3.89 Å². The van der Waals surface area contributed by atoms with E-state index in [-0.39, 0.29) is 0 Å². The molecule has 0 saturated carbocycles. The first-order valence-corrected chi connectivity index (χ1v) is 6.70. The lowest BCUT2D eigenvalue weighted by Gasteiger charge is -2.02. The zero-order chi connectivity index (χ0) is 11.9. The number of halogens is 2. The lowest BCUT2D eigenvalue weighted by atomic mass is 10.4. The topological polar surface area (TPSA) is 94.3 Å². The molecule has 2 N–H and O–H groups in total. The van der Waals surface area contributed by atoms with E-state index in [1.807, 2.05) is 0 Å². The highest BCUT2D eigenvalue weighted by Gasteiger charge is 2.19. The van der Waals surface area contributed by atoms with Crippen molar-refractivity contribution in [2.45, 2.75) is 9.79 Å². The lowest BCUT2D eigenvalue weighted by molar-refractivity contribution is 0.552. The Morgan fingerprint density at radius 2 is 1.73 bits per heavy atom. The molecule has 9 heteroatoms. The van der Waals surface area contributed by atoms with Crippen molar-refractivity contribution in [3.8, 4) is 0 Å². The first-order chi connectivity index (χ1) is 6.62. The zero-order valence-corrected chi connectivity index (χ0v) is 9.40. The van der Waals surface area contributed by atoms with E-state index in [0.29, 0.717) is 6.07 Å². The summed E-state index contributed by atoms with van der Waals surface area (Å²) >= 11 is 5.38. The molecule has 5 nitrogen and oxygen atoms in total. The maximum absolute atomic E-state index is 12.6. The minimum Gasteiger partial charge on any atom is -0.225 e. The molecule has 0 heterocycles. The smallest absolute Gasteiger partial charge is 0.225 e. The van der Waals surface area contributed by atoms with Crippen LogP contribution in [0, 0.1) is 0 Å². The number of hydrogen-bond donors (Lipinski definition) is 1. The van der Waals surface area contributed by atoms with Gasteiger partial charge in [0.2, 0.25) is 10.0 Å². The van der Waals surface area contributed by atoms with Gasteiger partial charge in [0.15, 0.2) is 0 Å². The Balaban J connectivity index is 3.57. The van der Waals surface area contributed by atoms with Crippen LogP contribution in [0.3, 0.4) is 0 Å². The number of hydrogen-bond acceptors (Lipinski definition) is 4. The van der Waals surface area contributed by atoms with Gasteiger partial charge >= 0.3 is 10.2 Å². The van der Waals surface area contributed by atoms with Gasteiger partial charge in [-0.05, 0) is 18.2 Å². The molecule has 1 aromatic rings. The molecule has 0 saturated heterocycles. The van der Waals surface area contributed by atoms with Gasteiger partial charge in [-0.2, -0.15) is 8.42 Å². The molecule has 0 atom stereocenters. The average molecular weight is 274 g/mol. The molecule has 0 aromatic heterocycles. The molecule has 84 valence electrons. The number of benzene rings is 1. The van der Waals surface area contributed by atoms with Crippen LogP contribution in [-0.2, 0) is 20.2 Å². The fourth-order valence-electron chi connectivity index (χ4n) is 0.848. The molecule has 0 aliphatic heterocycles. The predicted octanol–water partition coefficient (Wildman–Crippen LogP) is 0.646. The molecule has 0 fully saturated rings. The second-order valence-corrected chi connectivity index (χ2v) is 5.86. The lowest BCUT2D eigenvalue weighted by Crippen LogP contribution is -2.12. The van der Waals surface area contributed by atoms with E-state index in [9.17, 15) is 20.7 Å². The summed E-state index contributed by atoms with van der Waals surface area (Å²) in [4.78, 5) is -1.45. The normalized spacial score (nSPS) is 12.7. The van der Waals surface area contributed by atoms with Gasteiger partial charge in [0.05, 0.1) is 9.92 Å². The van der Waals surface area contributed by atoms with Crippen molar-refractivity contribution in [3.63, 3.8) is 0 Å². The Morgan fingerprint density at radius 3 is 2.13 bits per heavy atom. The van der Waals surface area contributed by atoms with Gasteiger partial charge < -0.3 is 0 Å². The third kappa shape index (κ3) is 2.88. The Bertz CT molecular complexity index is 596. The highest BCUT2D eigenvalue weighted by molar-refractivity contribution is 7.89. The largest absolute Gasteiger partial charge is 0.333 e. The Morgan fingerprint density at radius 1 is 1.20 bits per heavy atom. The van der Waals surface area contributed by atoms with Crippen LogP contribution in [0.1, 0.15) is 0 Å². The Hall–Kier alpha value is -0.700. The molecule has 15 heavy (non-hydrogen) atoms. The van der Waals surface area contributed by atoms with Gasteiger partial charge in [0.25, 0.3) is 0 Å². The van der Waals surface area contributed by atoms with Gasteiger partial charge in [0, 0.05) is 0 Å². The standard InChI is InChI=1S/C6H5ClFNO4S2/c7-5-2-1-4(15(9,12)13)3-6(5)14(8,10)11/h1-3H,(H2,9,12,13). The fraction of sp³-hybridized carbons (Fsp3) is 0. The number of primary sulfonamides is 1. The fourth-order valence-corrected chi connectivity index (χ4v) is 2.42. The van der Waals surface area contributed by atoms with Gasteiger partial charge in [-0.25, -0.2) is 13.6 Å². The summed E-state index contributed by atoms with van der Waals surface area (Å²) in [6.07, 6.45) is 0. The van der Waals surface area contributed by atoms with Gasteiger partial charge in [-0.3, -0.25) is 0 Å². The maximum atomic E-state index is 12.6. The maximum Gasteiger partial charge on any atom is 0.333 e. The van der Waals surface area contributed by atoms with E-state index in [0.717, 1.165) is 12.1 Å². The highest BCUT2D eigenvalue weighted by Crippen LogP contribution is 2.25. The van der Waals surface area contributed by atoms with Crippen LogP contribution >= 0.6 is 11.6 Å². The quantitative estimate of drug-likeness (QED) is 0.800. The van der Waals surface area contributed by atoms with Crippen molar-refractivity contribution in [1.82, 2.24) is 0 Å². The van der Waals surface area contributed by atoms with Crippen molar-refractivity contribution in [1.29, 1.82) is 0 Å². The molecule has 0 aliphatic carbocycles. The van der Waals surface area contributed by atoms with Crippen molar-refractivity contribution in [2.24, 2.45) is 5.14 Å². The van der Waals surface area contributed by atoms with Crippen LogP contribution in [0.4, 0.5) is 3.89 Å². The van der Waals surface area contributed by atoms with Gasteiger partial charge in [0.1, 0.15) is 4.90 Å². The highest BCUT2D eigenvalue weighted by atomic mass is 35.5. The van der Waals surface area contributed by atoms with E-state index in [1.165, 1.54) is 0 Å². The Kier molecular flexibility index (Phi) is 3.06. The van der Waals surface area contributed by atoms with E-state index < -0.39 is 35.1 Å². The summed E-state index contributed by atoms with van der Waals surface area (Å²) in [7, 11) is -9.16. The molecule has 0 bridgehead atoms. The third-order valence-electron chi connectivity index (χ3n) is 1.49. The van der Waals surface area contributed by atoms with Crippen molar-refractivity contribution >= 4 is 31.8 Å². The van der Waals surface area contributed by atoms with Crippen LogP contribution in [0.25, 0.3) is 0 Å². The summed E-state index contributed by atoms with van der Waals surface area (Å²) < 4.78 is 55.4. The molecule has 0 amide bonds. The first-order valence-electron chi connectivity index (χ1n) is 3.39. The number of rotatable bonds is 2. The van der Waals surface area contributed by atoms with Crippen molar-refractivity contribution in [2.75, 3.05) is 0 Å². The second-order valence-electron chi connectivity index (χ2n) is 2.58. The molecule has 0 radical (unpaired) electrons. The van der Waals surface area contributed by atoms with Gasteiger partial charge in [-0.1, -0.05) is 11.6 Å². The van der Waals surface area contributed by atoms with Crippen molar-refractivity contribution in [3.05, 3.63) is 23.2 Å². The summed E-state index contributed by atoms with van der Waals surface area (Å²) in [6, 6.07) is 2.48. The Labute approximate surface area is 90.9 Å². The van der Waals surface area contributed by atoms with Crippen LogP contribution in [0.2, 0.25) is 5.02 Å². The molecular formula is C6H5ClFNO4S2. The average Bonchev–Trinajstić information content (AvgIpc) is 2.00. The van der Waals surface area contributed by atoms with E-state index >= 15 is 0 Å². The van der Waals surface area contributed by atoms with Crippen LogP contribution < -0.4 is 5.14 Å². The predicted molar refractivity (Wildman–Crippen MR) is 51.1 cm³/mol. The van der Waals surface area contributed by atoms with E-state index in [4.69, 9.17) is 16.7 Å². The molecular weight excluding hydrogens is 269 g/mol. The first kappa shape index (κ1) is 12.4. The molecule has 0 unspecified atom stereocenters. The SMILES string of the molecule is NS(=O)(=O)c1ccc(Cl)c(S(=O)(=O)F)c1.